The number of nitrogens with zero attached hydrogens (tertiary/aromatic N) is 4. The van der Waals surface area contributed by atoms with Crippen LogP contribution >= 0.6 is 0 Å². The maximum absolute atomic E-state index is 9.30. The number of rotatable bonds is 1. The van der Waals surface area contributed by atoms with Gasteiger partial charge in [0.2, 0.25) is 11.3 Å². The highest BCUT2D eigenvalue weighted by molar-refractivity contribution is 5.63. The van der Waals surface area contributed by atoms with Gasteiger partial charge < -0.3 is 10.1 Å². The Morgan fingerprint density at radius 1 is 1.33 bits per heavy atom. The third kappa shape index (κ3) is 1.23. The maximum Gasteiger partial charge on any atom is 0.221 e. The van der Waals surface area contributed by atoms with Crippen LogP contribution in [0.15, 0.2) is 24.3 Å². The van der Waals surface area contributed by atoms with Crippen molar-refractivity contribution in [3.8, 4) is 11.4 Å². The quantitative estimate of drug-likeness (QED) is 0.604. The predicted molar refractivity (Wildman–Crippen MR) is 51.5 cm³/mol. The second kappa shape index (κ2) is 2.81. The van der Waals surface area contributed by atoms with Gasteiger partial charge in [0, 0.05) is 6.07 Å². The number of phenols is 1. The molecule has 0 fully saturated rings. The molecule has 73 valence electrons. The minimum atomic E-state index is 0.174. The van der Waals surface area contributed by atoms with Crippen molar-refractivity contribution in [2.75, 3.05) is 0 Å². The minimum absolute atomic E-state index is 0.174. The van der Waals surface area contributed by atoms with E-state index in [4.69, 9.17) is 0 Å². The molecule has 1 aromatic carbocycles. The van der Waals surface area contributed by atoms with Crippen LogP contribution in [0.5, 0.6) is 5.75 Å². The number of phenolic OH excluding ortho intramolecular Hbond substituents is 1. The van der Waals surface area contributed by atoms with E-state index in [9.17, 15) is 5.11 Å². The molecule has 0 saturated carbocycles. The van der Waals surface area contributed by atoms with Crippen molar-refractivity contribution in [2.45, 2.75) is 0 Å². The van der Waals surface area contributed by atoms with Gasteiger partial charge in [0.25, 0.3) is 0 Å². The van der Waals surface area contributed by atoms with Crippen LogP contribution in [-0.2, 0) is 0 Å². The maximum atomic E-state index is 9.30. The summed E-state index contributed by atoms with van der Waals surface area (Å²) in [5.74, 6) is 0.174. The highest BCUT2D eigenvalue weighted by Gasteiger charge is 2.06. The zero-order valence-electron chi connectivity index (χ0n) is 7.55. The van der Waals surface area contributed by atoms with Gasteiger partial charge >= 0.3 is 0 Å². The van der Waals surface area contributed by atoms with Crippen LogP contribution in [0.4, 0.5) is 0 Å². The van der Waals surface area contributed by atoms with Crippen LogP contribution in [0, 0.1) is 6.33 Å². The van der Waals surface area contributed by atoms with Gasteiger partial charge in [0.15, 0.2) is 6.33 Å². The van der Waals surface area contributed by atoms with E-state index in [1.807, 2.05) is 0 Å². The number of H-pyrrole nitrogens is 1. The van der Waals surface area contributed by atoms with Crippen LogP contribution in [0.2, 0.25) is 0 Å². The molecule has 2 N–H and O–H groups in total. The van der Waals surface area contributed by atoms with Crippen LogP contribution < -0.4 is 0 Å². The Kier molecular flexibility index (Phi) is 1.49. The van der Waals surface area contributed by atoms with E-state index in [0.29, 0.717) is 17.0 Å². The molecule has 0 aliphatic carbocycles. The first-order valence-electron chi connectivity index (χ1n) is 4.31. The summed E-state index contributed by atoms with van der Waals surface area (Å²) < 4.78 is 0. The first kappa shape index (κ1) is 7.98. The van der Waals surface area contributed by atoms with E-state index in [1.54, 1.807) is 24.3 Å². The fourth-order valence-electron chi connectivity index (χ4n) is 1.32. The van der Waals surface area contributed by atoms with Crippen molar-refractivity contribution in [1.82, 2.24) is 25.0 Å². The van der Waals surface area contributed by atoms with Crippen molar-refractivity contribution < 1.29 is 5.11 Å². The number of aromatic hydroxyl groups is 1. The van der Waals surface area contributed by atoms with Crippen LogP contribution in [0.25, 0.3) is 17.0 Å². The number of fused-ring (bicyclic) bond motifs is 1. The fourth-order valence-corrected chi connectivity index (χ4v) is 1.32. The van der Waals surface area contributed by atoms with Crippen LogP contribution in [-0.4, -0.2) is 30.1 Å². The molecule has 0 aliphatic heterocycles. The monoisotopic (exact) mass is 200 g/mol. The lowest BCUT2D eigenvalue weighted by Gasteiger charge is -1.98. The summed E-state index contributed by atoms with van der Waals surface area (Å²) in [6.45, 7) is 0. The first-order chi connectivity index (χ1) is 7.33. The average molecular weight is 200 g/mol. The molecular formula is C9H6N5O. The van der Waals surface area contributed by atoms with E-state index < -0.39 is 0 Å². The molecule has 6 nitrogen and oxygen atoms in total. The molecule has 6 heteroatoms. The molecule has 0 unspecified atom stereocenters. The zero-order chi connectivity index (χ0) is 10.3. The second-order valence-corrected chi connectivity index (χ2v) is 3.03. The van der Waals surface area contributed by atoms with Crippen molar-refractivity contribution >= 4 is 11.3 Å². The van der Waals surface area contributed by atoms with Crippen LogP contribution in [0.1, 0.15) is 0 Å². The molecule has 3 aromatic rings. The van der Waals surface area contributed by atoms with Crippen molar-refractivity contribution in [2.24, 2.45) is 0 Å². The third-order valence-electron chi connectivity index (χ3n) is 1.99. The average Bonchev–Trinajstić information content (AvgIpc) is 2.76. The summed E-state index contributed by atoms with van der Waals surface area (Å²) in [5, 5.41) is 17.5. The number of aromatic amines is 1. The summed E-state index contributed by atoms with van der Waals surface area (Å²) in [7, 11) is 0. The smallest absolute Gasteiger partial charge is 0.221 e. The molecule has 0 aliphatic rings. The Bertz CT molecular complexity index is 583. The molecule has 0 spiro atoms. The lowest BCUT2D eigenvalue weighted by atomic mass is 10.3. The van der Waals surface area contributed by atoms with E-state index in [1.165, 1.54) is 4.80 Å². The highest BCUT2D eigenvalue weighted by atomic mass is 16.3. The Hall–Kier alpha value is -2.37. The molecule has 15 heavy (non-hydrogen) atoms. The molecule has 0 atom stereocenters. The summed E-state index contributed by atoms with van der Waals surface area (Å²) in [6.07, 6.45) is 2.55. The summed E-state index contributed by atoms with van der Waals surface area (Å²) in [4.78, 5) is 7.99. The largest absolute Gasteiger partial charge is 0.508 e. The topological polar surface area (TPSA) is 79.6 Å². The third-order valence-corrected chi connectivity index (χ3v) is 1.99. The van der Waals surface area contributed by atoms with Gasteiger partial charge in [-0.15, -0.1) is 15.0 Å². The predicted octanol–water partition coefficient (Wildman–Crippen LogP) is 0.649. The van der Waals surface area contributed by atoms with E-state index in [0.717, 1.165) is 0 Å². The zero-order valence-corrected chi connectivity index (χ0v) is 7.55. The summed E-state index contributed by atoms with van der Waals surface area (Å²) in [6, 6.07) is 6.68. The number of aromatic nitrogens is 5. The Morgan fingerprint density at radius 3 is 3.07 bits per heavy atom. The lowest BCUT2D eigenvalue weighted by Crippen LogP contribution is -1.98. The molecular weight excluding hydrogens is 194 g/mol. The molecule has 3 rings (SSSR count). The standard InChI is InChI=1S/C9H6N5O/c15-7-3-1-2-6(4-7)14-12-8-9(13-14)11-5-10-8/h1-4,15H,(H,10,11,12,13). The highest BCUT2D eigenvalue weighted by Crippen LogP contribution is 2.14. The molecule has 0 bridgehead atoms. The van der Waals surface area contributed by atoms with Crippen LogP contribution in [0.3, 0.4) is 0 Å². The number of benzene rings is 1. The van der Waals surface area contributed by atoms with Gasteiger partial charge in [0.05, 0.1) is 5.69 Å². The lowest BCUT2D eigenvalue weighted by molar-refractivity contribution is 0.474. The normalized spacial score (nSPS) is 10.9. The molecule has 0 amide bonds. The molecule has 1 radical (unpaired) electrons. The number of nitrogens with one attached hydrogen (secondary N) is 1. The van der Waals surface area contributed by atoms with Gasteiger partial charge in [0.1, 0.15) is 5.75 Å². The SMILES string of the molecule is Oc1cccc(-n2nc3n[c][nH]c3n2)c1. The van der Waals surface area contributed by atoms with Gasteiger partial charge in [-0.1, -0.05) is 6.07 Å². The Labute approximate surface area is 84.2 Å². The number of hydrogen-bond acceptors (Lipinski definition) is 4. The van der Waals surface area contributed by atoms with Gasteiger partial charge in [-0.2, -0.15) is 0 Å². The second-order valence-electron chi connectivity index (χ2n) is 3.03. The van der Waals surface area contributed by atoms with Crippen molar-refractivity contribution in [3.05, 3.63) is 30.6 Å². The molecule has 2 heterocycles. The Morgan fingerprint density at radius 2 is 2.27 bits per heavy atom. The number of imidazole rings is 1. The minimum Gasteiger partial charge on any atom is -0.508 e. The number of hydrogen-bond donors (Lipinski definition) is 2. The van der Waals surface area contributed by atoms with E-state index in [-0.39, 0.29) is 5.75 Å². The van der Waals surface area contributed by atoms with Crippen molar-refractivity contribution in [1.29, 1.82) is 0 Å². The molecule has 2 aromatic heterocycles. The van der Waals surface area contributed by atoms with Gasteiger partial charge in [-0.3, -0.25) is 0 Å². The molecule has 0 saturated heterocycles. The first-order valence-corrected chi connectivity index (χ1v) is 4.31. The Balaban J connectivity index is 2.17. The van der Waals surface area contributed by atoms with E-state index >= 15 is 0 Å². The van der Waals surface area contributed by atoms with Gasteiger partial charge in [-0.05, 0) is 12.1 Å². The van der Waals surface area contributed by atoms with Gasteiger partial charge in [-0.25, -0.2) is 4.98 Å². The van der Waals surface area contributed by atoms with Crippen molar-refractivity contribution in [3.63, 3.8) is 0 Å². The summed E-state index contributed by atoms with van der Waals surface area (Å²) >= 11 is 0. The summed E-state index contributed by atoms with van der Waals surface area (Å²) in [5.41, 5.74) is 1.75. The fraction of sp³-hybridized carbons (Fsp3) is 0. The van der Waals surface area contributed by atoms with E-state index in [2.05, 4.69) is 26.5 Å².